The van der Waals surface area contributed by atoms with Crippen molar-refractivity contribution in [2.45, 2.75) is 20.8 Å². The van der Waals surface area contributed by atoms with Crippen molar-refractivity contribution in [2.75, 3.05) is 6.61 Å². The Labute approximate surface area is 60.4 Å². The van der Waals surface area contributed by atoms with Gasteiger partial charge in [0.15, 0.2) is 0 Å². The number of nitrogens with zero attached hydrogens (tertiary/aromatic N) is 1. The molecule has 0 bridgehead atoms. The third-order valence-corrected chi connectivity index (χ3v) is 1.49. The van der Waals surface area contributed by atoms with Crippen molar-refractivity contribution in [1.29, 1.82) is 0 Å². The highest BCUT2D eigenvalue weighted by atomic mass is 16.5. The fraction of sp³-hybridized carbons (Fsp3) is 0.571. The van der Waals surface area contributed by atoms with Crippen LogP contribution in [-0.4, -0.2) is 16.8 Å². The summed E-state index contributed by atoms with van der Waals surface area (Å²) < 4.78 is 5.22. The zero-order valence-corrected chi connectivity index (χ0v) is 6.56. The topological polar surface area (TPSA) is 37.9 Å². The lowest BCUT2D eigenvalue weighted by atomic mass is 10.3. The zero-order chi connectivity index (χ0) is 7.56. The quantitative estimate of drug-likeness (QED) is 0.674. The van der Waals surface area contributed by atoms with E-state index < -0.39 is 0 Å². The maximum Gasteiger partial charge on any atom is 0.235 e. The first-order valence-corrected chi connectivity index (χ1v) is 3.40. The summed E-state index contributed by atoms with van der Waals surface area (Å²) in [4.78, 5) is 0. The lowest BCUT2D eigenvalue weighted by molar-refractivity contribution is 0.324. The number of aromatic nitrogens is 2. The monoisotopic (exact) mass is 140 g/mol. The van der Waals surface area contributed by atoms with Gasteiger partial charge in [0.05, 0.1) is 6.61 Å². The van der Waals surface area contributed by atoms with E-state index in [0.717, 1.165) is 17.1 Å². The van der Waals surface area contributed by atoms with Crippen LogP contribution in [0.2, 0.25) is 0 Å². The molecule has 0 spiro atoms. The molecule has 0 radical (unpaired) electrons. The van der Waals surface area contributed by atoms with Gasteiger partial charge in [0.1, 0.15) is 0 Å². The van der Waals surface area contributed by atoms with Crippen LogP contribution < -0.4 is 4.74 Å². The van der Waals surface area contributed by atoms with E-state index >= 15 is 0 Å². The molecule has 3 nitrogen and oxygen atoms in total. The average Bonchev–Trinajstić information content (AvgIpc) is 2.20. The van der Waals surface area contributed by atoms with E-state index in [2.05, 4.69) is 10.2 Å². The molecule has 3 heteroatoms. The molecule has 1 N–H and O–H groups in total. The number of H-pyrrole nitrogens is 1. The van der Waals surface area contributed by atoms with Gasteiger partial charge < -0.3 is 4.74 Å². The van der Waals surface area contributed by atoms with Gasteiger partial charge in [-0.2, -0.15) is 0 Å². The number of hydrogen-bond acceptors (Lipinski definition) is 2. The minimum atomic E-state index is 0.672. The number of rotatable bonds is 2. The van der Waals surface area contributed by atoms with Crippen LogP contribution in [0.25, 0.3) is 0 Å². The van der Waals surface area contributed by atoms with Gasteiger partial charge in [-0.1, -0.05) is 0 Å². The lowest BCUT2D eigenvalue weighted by Crippen LogP contribution is -1.92. The molecular formula is C7H12N2O. The van der Waals surface area contributed by atoms with E-state index in [4.69, 9.17) is 4.74 Å². The predicted molar refractivity (Wildman–Crippen MR) is 39.2 cm³/mol. The first kappa shape index (κ1) is 7.12. The Hall–Kier alpha value is -0.990. The molecule has 1 heterocycles. The predicted octanol–water partition coefficient (Wildman–Crippen LogP) is 1.43. The molecule has 1 aromatic rings. The maximum atomic E-state index is 5.22. The van der Waals surface area contributed by atoms with Crippen molar-refractivity contribution in [3.8, 4) is 5.88 Å². The summed E-state index contributed by atoms with van der Waals surface area (Å²) in [5, 5.41) is 6.80. The van der Waals surface area contributed by atoms with E-state index in [9.17, 15) is 0 Å². The van der Waals surface area contributed by atoms with Gasteiger partial charge in [0, 0.05) is 11.3 Å². The fourth-order valence-electron chi connectivity index (χ4n) is 0.740. The van der Waals surface area contributed by atoms with Crippen LogP contribution in [0.1, 0.15) is 18.2 Å². The van der Waals surface area contributed by atoms with Crippen molar-refractivity contribution in [3.63, 3.8) is 0 Å². The van der Waals surface area contributed by atoms with Gasteiger partial charge >= 0.3 is 0 Å². The summed E-state index contributed by atoms with van der Waals surface area (Å²) in [6.07, 6.45) is 0. The molecule has 0 aromatic carbocycles. The summed E-state index contributed by atoms with van der Waals surface area (Å²) in [6, 6.07) is 0. The molecule has 1 rings (SSSR count). The van der Waals surface area contributed by atoms with Crippen molar-refractivity contribution >= 4 is 0 Å². The number of aromatic amines is 1. The molecule has 56 valence electrons. The molecule has 0 fully saturated rings. The number of aryl methyl sites for hydroxylation is 1. The summed E-state index contributed by atoms with van der Waals surface area (Å²) in [6.45, 7) is 6.59. The number of ether oxygens (including phenoxy) is 1. The van der Waals surface area contributed by atoms with Crippen LogP contribution >= 0.6 is 0 Å². The van der Waals surface area contributed by atoms with Crippen molar-refractivity contribution < 1.29 is 4.74 Å². The van der Waals surface area contributed by atoms with E-state index in [-0.39, 0.29) is 0 Å². The second kappa shape index (κ2) is 2.73. The highest BCUT2D eigenvalue weighted by Gasteiger charge is 2.03. The maximum absolute atomic E-state index is 5.22. The molecule has 0 atom stereocenters. The van der Waals surface area contributed by atoms with Gasteiger partial charge in [0.2, 0.25) is 5.88 Å². The summed E-state index contributed by atoms with van der Waals surface area (Å²) in [5.41, 5.74) is 2.17. The standard InChI is InChI=1S/C7H12N2O/c1-4-10-7-5(2)6(3)8-9-7/h4H2,1-3H3,(H,8,9). The Morgan fingerprint density at radius 2 is 2.20 bits per heavy atom. The minimum Gasteiger partial charge on any atom is -0.477 e. The molecule has 0 aliphatic heterocycles. The Balaban J connectivity index is 2.83. The van der Waals surface area contributed by atoms with Gasteiger partial charge in [-0.05, 0) is 20.8 Å². The Kier molecular flexibility index (Phi) is 1.94. The van der Waals surface area contributed by atoms with E-state index in [1.54, 1.807) is 0 Å². The van der Waals surface area contributed by atoms with Gasteiger partial charge in [-0.3, -0.25) is 5.10 Å². The molecule has 0 aliphatic carbocycles. The minimum absolute atomic E-state index is 0.672. The summed E-state index contributed by atoms with van der Waals surface area (Å²) in [5.74, 6) is 0.722. The number of nitrogens with one attached hydrogen (secondary N) is 1. The van der Waals surface area contributed by atoms with Gasteiger partial charge in [-0.15, -0.1) is 5.10 Å². The average molecular weight is 140 g/mol. The SMILES string of the molecule is CCOc1n[nH]c(C)c1C. The smallest absolute Gasteiger partial charge is 0.235 e. The van der Waals surface area contributed by atoms with E-state index in [0.29, 0.717) is 6.61 Å². The van der Waals surface area contributed by atoms with Crippen LogP contribution in [0.15, 0.2) is 0 Å². The van der Waals surface area contributed by atoms with E-state index in [1.165, 1.54) is 0 Å². The van der Waals surface area contributed by atoms with E-state index in [1.807, 2.05) is 20.8 Å². The molecule has 0 amide bonds. The third-order valence-electron chi connectivity index (χ3n) is 1.49. The second-order valence-electron chi connectivity index (χ2n) is 2.21. The fourth-order valence-corrected chi connectivity index (χ4v) is 0.740. The normalized spacial score (nSPS) is 9.90. The zero-order valence-electron chi connectivity index (χ0n) is 6.56. The highest BCUT2D eigenvalue weighted by molar-refractivity contribution is 5.27. The number of hydrogen-bond donors (Lipinski definition) is 1. The van der Waals surface area contributed by atoms with Crippen LogP contribution in [0.5, 0.6) is 5.88 Å². The van der Waals surface area contributed by atoms with Crippen molar-refractivity contribution in [3.05, 3.63) is 11.3 Å². The molecule has 0 saturated carbocycles. The lowest BCUT2D eigenvalue weighted by Gasteiger charge is -1.97. The Bertz CT molecular complexity index is 217. The summed E-state index contributed by atoms with van der Waals surface area (Å²) in [7, 11) is 0. The first-order chi connectivity index (χ1) is 4.75. The first-order valence-electron chi connectivity index (χ1n) is 3.40. The molecule has 1 aromatic heterocycles. The van der Waals surface area contributed by atoms with Crippen LogP contribution in [0, 0.1) is 13.8 Å². The van der Waals surface area contributed by atoms with Crippen molar-refractivity contribution in [1.82, 2.24) is 10.2 Å². The highest BCUT2D eigenvalue weighted by Crippen LogP contribution is 2.15. The van der Waals surface area contributed by atoms with Gasteiger partial charge in [-0.25, -0.2) is 0 Å². The summed E-state index contributed by atoms with van der Waals surface area (Å²) >= 11 is 0. The molecule has 0 aliphatic rings. The second-order valence-corrected chi connectivity index (χ2v) is 2.21. The van der Waals surface area contributed by atoms with Crippen molar-refractivity contribution in [2.24, 2.45) is 0 Å². The molecular weight excluding hydrogens is 128 g/mol. The Morgan fingerprint density at radius 1 is 1.50 bits per heavy atom. The molecule has 0 saturated heterocycles. The van der Waals surface area contributed by atoms with Crippen LogP contribution in [0.3, 0.4) is 0 Å². The largest absolute Gasteiger partial charge is 0.477 e. The van der Waals surface area contributed by atoms with Crippen LogP contribution in [-0.2, 0) is 0 Å². The third kappa shape index (κ3) is 1.12. The molecule has 0 unspecified atom stereocenters. The van der Waals surface area contributed by atoms with Gasteiger partial charge in [0.25, 0.3) is 0 Å². The molecule has 10 heavy (non-hydrogen) atoms. The van der Waals surface area contributed by atoms with Crippen LogP contribution in [0.4, 0.5) is 0 Å². The Morgan fingerprint density at radius 3 is 2.60 bits per heavy atom.